The number of aromatic nitrogens is 1. The lowest BCUT2D eigenvalue weighted by atomic mass is 10.2. The lowest BCUT2D eigenvalue weighted by Gasteiger charge is -2.12. The van der Waals surface area contributed by atoms with Crippen LogP contribution in [0, 0.1) is 11.8 Å². The Morgan fingerprint density at radius 1 is 1.40 bits per heavy atom. The van der Waals surface area contributed by atoms with Gasteiger partial charge in [0.2, 0.25) is 5.91 Å². The van der Waals surface area contributed by atoms with Crippen molar-refractivity contribution in [3.63, 3.8) is 0 Å². The number of carbonyl (C=O) groups is 2. The molecular formula is C12H11F3N2O3. The van der Waals surface area contributed by atoms with Gasteiger partial charge in [0.25, 0.3) is 0 Å². The Labute approximate surface area is 111 Å². The van der Waals surface area contributed by atoms with Crippen LogP contribution >= 0.6 is 0 Å². The molecule has 2 rings (SSSR count). The van der Waals surface area contributed by atoms with Crippen LogP contribution in [0.1, 0.15) is 17.7 Å². The van der Waals surface area contributed by atoms with Gasteiger partial charge in [-0.1, -0.05) is 0 Å². The molecule has 2 N–H and O–H groups in total. The molecule has 0 bridgehead atoms. The predicted molar refractivity (Wildman–Crippen MR) is 60.3 cm³/mol. The van der Waals surface area contributed by atoms with Crippen LogP contribution < -0.4 is 5.32 Å². The number of alkyl halides is 3. The Hall–Kier alpha value is -2.12. The van der Waals surface area contributed by atoms with Gasteiger partial charge >= 0.3 is 12.1 Å². The van der Waals surface area contributed by atoms with E-state index in [0.717, 1.165) is 12.1 Å². The van der Waals surface area contributed by atoms with Crippen molar-refractivity contribution in [1.82, 2.24) is 10.3 Å². The van der Waals surface area contributed by atoms with E-state index in [1.807, 2.05) is 0 Å². The highest BCUT2D eigenvalue weighted by Gasteiger charge is 2.48. The Morgan fingerprint density at radius 2 is 2.10 bits per heavy atom. The maximum Gasteiger partial charge on any atom is 0.418 e. The van der Waals surface area contributed by atoms with Gasteiger partial charge in [-0.15, -0.1) is 0 Å². The summed E-state index contributed by atoms with van der Waals surface area (Å²) in [5, 5.41) is 11.0. The normalized spacial score (nSPS) is 21.4. The number of carboxylic acids is 1. The molecule has 0 unspecified atom stereocenters. The standard InChI is InChI=1S/C12H11F3N2O3/c13-12(14,15)8-2-1-3-16-9(8)5-17-10(18)6-4-7(6)11(19)20/h1-3,6-7H,4-5H2,(H,17,18)(H,19,20)/t6-,7-/m1/s1. The van der Waals surface area contributed by atoms with Crippen LogP contribution in [0.4, 0.5) is 13.2 Å². The van der Waals surface area contributed by atoms with Gasteiger partial charge in [-0.3, -0.25) is 14.6 Å². The van der Waals surface area contributed by atoms with Gasteiger partial charge in [0.05, 0.1) is 29.6 Å². The average Bonchev–Trinajstić information content (AvgIpc) is 3.15. The number of carboxylic acid groups (broad SMARTS) is 1. The van der Waals surface area contributed by atoms with Crippen LogP contribution in [0.15, 0.2) is 18.3 Å². The van der Waals surface area contributed by atoms with Crippen molar-refractivity contribution in [2.75, 3.05) is 0 Å². The average molecular weight is 288 g/mol. The van der Waals surface area contributed by atoms with Gasteiger partial charge in [0.15, 0.2) is 0 Å². The molecule has 1 amide bonds. The molecule has 0 saturated heterocycles. The molecule has 20 heavy (non-hydrogen) atoms. The Kier molecular flexibility index (Phi) is 3.65. The van der Waals surface area contributed by atoms with E-state index >= 15 is 0 Å². The van der Waals surface area contributed by atoms with Crippen molar-refractivity contribution in [2.45, 2.75) is 19.1 Å². The molecule has 1 fully saturated rings. The van der Waals surface area contributed by atoms with Crippen molar-refractivity contribution in [2.24, 2.45) is 11.8 Å². The molecule has 5 nitrogen and oxygen atoms in total. The van der Waals surface area contributed by atoms with Gasteiger partial charge in [-0.25, -0.2) is 0 Å². The number of nitrogens with one attached hydrogen (secondary N) is 1. The van der Waals surface area contributed by atoms with E-state index < -0.39 is 35.5 Å². The van der Waals surface area contributed by atoms with E-state index in [0.29, 0.717) is 0 Å². The number of nitrogens with zero attached hydrogens (tertiary/aromatic N) is 1. The largest absolute Gasteiger partial charge is 0.481 e. The molecule has 2 atom stereocenters. The molecule has 0 radical (unpaired) electrons. The van der Waals surface area contributed by atoms with Crippen LogP contribution in [0.2, 0.25) is 0 Å². The van der Waals surface area contributed by atoms with Crippen molar-refractivity contribution in [1.29, 1.82) is 0 Å². The molecule has 0 aromatic carbocycles. The van der Waals surface area contributed by atoms with Crippen LogP contribution in [-0.2, 0) is 22.3 Å². The van der Waals surface area contributed by atoms with Crippen molar-refractivity contribution in [3.05, 3.63) is 29.6 Å². The molecule has 0 aliphatic heterocycles. The fourth-order valence-corrected chi connectivity index (χ4v) is 1.90. The third-order valence-corrected chi connectivity index (χ3v) is 3.07. The molecule has 108 valence electrons. The molecule has 8 heteroatoms. The first kappa shape index (κ1) is 14.3. The van der Waals surface area contributed by atoms with Gasteiger partial charge in [-0.05, 0) is 18.6 Å². The number of amides is 1. The molecule has 1 aliphatic rings. The van der Waals surface area contributed by atoms with E-state index in [2.05, 4.69) is 10.3 Å². The minimum absolute atomic E-state index is 0.218. The number of halogens is 3. The highest BCUT2D eigenvalue weighted by atomic mass is 19.4. The summed E-state index contributed by atoms with van der Waals surface area (Å²) in [5.41, 5.74) is -1.20. The molecule has 1 aliphatic carbocycles. The minimum atomic E-state index is -4.54. The SMILES string of the molecule is O=C(O)[C@@H]1C[C@H]1C(=O)NCc1ncccc1C(F)(F)F. The smallest absolute Gasteiger partial charge is 0.418 e. The molecule has 0 spiro atoms. The van der Waals surface area contributed by atoms with Crippen molar-refractivity contribution < 1.29 is 27.9 Å². The second-order valence-electron chi connectivity index (χ2n) is 4.50. The lowest BCUT2D eigenvalue weighted by Crippen LogP contribution is -2.27. The fraction of sp³-hybridized carbons (Fsp3) is 0.417. The van der Waals surface area contributed by atoms with Crippen LogP contribution in [-0.4, -0.2) is 22.0 Å². The maximum atomic E-state index is 12.7. The third kappa shape index (κ3) is 3.06. The first-order valence-electron chi connectivity index (χ1n) is 5.82. The Morgan fingerprint density at radius 3 is 2.65 bits per heavy atom. The van der Waals surface area contributed by atoms with Crippen LogP contribution in [0.25, 0.3) is 0 Å². The van der Waals surface area contributed by atoms with Crippen LogP contribution in [0.5, 0.6) is 0 Å². The van der Waals surface area contributed by atoms with Gasteiger partial charge in [-0.2, -0.15) is 13.2 Å². The monoisotopic (exact) mass is 288 g/mol. The predicted octanol–water partition coefficient (Wildman–Crippen LogP) is 1.44. The Bertz CT molecular complexity index is 545. The maximum absolute atomic E-state index is 12.7. The first-order chi connectivity index (χ1) is 9.30. The van der Waals surface area contributed by atoms with Crippen molar-refractivity contribution >= 4 is 11.9 Å². The number of hydrogen-bond acceptors (Lipinski definition) is 3. The zero-order valence-corrected chi connectivity index (χ0v) is 10.1. The molecule has 1 aromatic rings. The summed E-state index contributed by atoms with van der Waals surface area (Å²) in [4.78, 5) is 25.8. The van der Waals surface area contributed by atoms with Gasteiger partial charge in [0, 0.05) is 6.20 Å². The number of carbonyl (C=O) groups excluding carboxylic acids is 1. The minimum Gasteiger partial charge on any atom is -0.481 e. The third-order valence-electron chi connectivity index (χ3n) is 3.07. The van der Waals surface area contributed by atoms with E-state index in [1.54, 1.807) is 0 Å². The zero-order valence-electron chi connectivity index (χ0n) is 10.1. The molecular weight excluding hydrogens is 277 g/mol. The van der Waals surface area contributed by atoms with E-state index in [9.17, 15) is 22.8 Å². The van der Waals surface area contributed by atoms with Crippen molar-refractivity contribution in [3.8, 4) is 0 Å². The summed E-state index contributed by atoms with van der Waals surface area (Å²) in [6.07, 6.45) is -3.12. The molecule has 1 heterocycles. The summed E-state index contributed by atoms with van der Waals surface area (Å²) >= 11 is 0. The van der Waals surface area contributed by atoms with Gasteiger partial charge < -0.3 is 10.4 Å². The van der Waals surface area contributed by atoms with Gasteiger partial charge in [0.1, 0.15) is 0 Å². The quantitative estimate of drug-likeness (QED) is 0.878. The topological polar surface area (TPSA) is 79.3 Å². The highest BCUT2D eigenvalue weighted by Crippen LogP contribution is 2.38. The van der Waals surface area contributed by atoms with E-state index in [-0.39, 0.29) is 18.7 Å². The second-order valence-corrected chi connectivity index (χ2v) is 4.50. The second kappa shape index (κ2) is 5.10. The summed E-state index contributed by atoms with van der Waals surface area (Å²) in [5.74, 6) is -3.03. The summed E-state index contributed by atoms with van der Waals surface area (Å²) in [7, 11) is 0. The van der Waals surface area contributed by atoms with E-state index in [1.165, 1.54) is 6.20 Å². The zero-order chi connectivity index (χ0) is 14.9. The Balaban J connectivity index is 1.99. The number of hydrogen-bond donors (Lipinski definition) is 2. The first-order valence-corrected chi connectivity index (χ1v) is 5.82. The summed E-state index contributed by atoms with van der Waals surface area (Å²) < 4.78 is 38.0. The summed E-state index contributed by atoms with van der Waals surface area (Å²) in [6, 6.07) is 2.04. The number of pyridine rings is 1. The number of rotatable bonds is 4. The number of aliphatic carboxylic acids is 1. The van der Waals surface area contributed by atoms with E-state index in [4.69, 9.17) is 5.11 Å². The highest BCUT2D eigenvalue weighted by molar-refractivity contribution is 5.89. The molecule has 1 aromatic heterocycles. The van der Waals surface area contributed by atoms with Crippen LogP contribution in [0.3, 0.4) is 0 Å². The fourth-order valence-electron chi connectivity index (χ4n) is 1.90. The lowest BCUT2D eigenvalue weighted by molar-refractivity contribution is -0.140. The molecule has 1 saturated carbocycles. The summed E-state index contributed by atoms with van der Waals surface area (Å²) in [6.45, 7) is -0.378.